The molecule has 41 heavy (non-hydrogen) atoms. The molecule has 0 spiro atoms. The summed E-state index contributed by atoms with van der Waals surface area (Å²) in [4.78, 5) is 42.8. The Labute approximate surface area is 259 Å². The Morgan fingerprint density at radius 3 is 2.61 bits per heavy atom. The van der Waals surface area contributed by atoms with Crippen molar-refractivity contribution >= 4 is 69.1 Å². The number of amides is 2. The molecule has 6 rings (SSSR count). The van der Waals surface area contributed by atoms with Crippen LogP contribution >= 0.6 is 46.3 Å². The van der Waals surface area contributed by atoms with E-state index in [1.165, 1.54) is 38.3 Å². The van der Waals surface area contributed by atoms with Crippen LogP contribution in [0.2, 0.25) is 10.0 Å². The molecule has 3 fully saturated rings. The number of nitrogens with zero attached hydrogens (tertiary/aromatic N) is 5. The number of piperazine rings is 1. The number of thioether (sulfide) groups is 1. The number of pyridine rings is 1. The number of aromatic nitrogens is 1. The van der Waals surface area contributed by atoms with Crippen molar-refractivity contribution in [2.45, 2.75) is 50.2 Å². The van der Waals surface area contributed by atoms with Gasteiger partial charge >= 0.3 is 0 Å². The molecular weight excluding hydrogens is 601 g/mol. The highest BCUT2D eigenvalue weighted by molar-refractivity contribution is 8.14. The summed E-state index contributed by atoms with van der Waals surface area (Å²) in [6.07, 6.45) is 8.58. The summed E-state index contributed by atoms with van der Waals surface area (Å²) in [6, 6.07) is 4.36. The van der Waals surface area contributed by atoms with Gasteiger partial charge in [-0.3, -0.25) is 19.4 Å². The number of aliphatic imine (C=N–C) groups is 1. The van der Waals surface area contributed by atoms with Crippen LogP contribution < -0.4 is 15.5 Å². The van der Waals surface area contributed by atoms with Gasteiger partial charge in [0.15, 0.2) is 10.8 Å². The van der Waals surface area contributed by atoms with E-state index < -0.39 is 5.66 Å². The molecule has 1 atom stereocenters. The number of hydrogen-bond acceptors (Lipinski definition) is 9. The largest absolute Gasteiger partial charge is 0.354 e. The van der Waals surface area contributed by atoms with E-state index in [-0.39, 0.29) is 11.8 Å². The first-order chi connectivity index (χ1) is 19.9. The molecule has 0 bridgehead atoms. The maximum absolute atomic E-state index is 13.3. The quantitative estimate of drug-likeness (QED) is 0.503. The van der Waals surface area contributed by atoms with Crippen LogP contribution in [0, 0.1) is 0 Å². The van der Waals surface area contributed by atoms with Gasteiger partial charge in [0.1, 0.15) is 5.82 Å². The van der Waals surface area contributed by atoms with Crippen molar-refractivity contribution in [3.8, 4) is 0 Å². The molecule has 1 unspecified atom stereocenters. The minimum Gasteiger partial charge on any atom is -0.354 e. The predicted octanol–water partition coefficient (Wildman–Crippen LogP) is 4.41. The van der Waals surface area contributed by atoms with Crippen molar-refractivity contribution < 1.29 is 9.59 Å². The topological polar surface area (TPSA) is 93.2 Å². The predicted molar refractivity (Wildman–Crippen MR) is 167 cm³/mol. The Hall–Kier alpha value is -1.89. The molecule has 0 aromatic carbocycles. The van der Waals surface area contributed by atoms with Crippen LogP contribution in [0.1, 0.15) is 53.8 Å². The number of hydrogen-bond donors (Lipinski definition) is 2. The van der Waals surface area contributed by atoms with Crippen molar-refractivity contribution in [1.82, 2.24) is 25.4 Å². The van der Waals surface area contributed by atoms with E-state index in [0.717, 1.165) is 31.1 Å². The van der Waals surface area contributed by atoms with Crippen molar-refractivity contribution in [2.75, 3.05) is 56.5 Å². The number of thiophene rings is 1. The maximum atomic E-state index is 13.3. The van der Waals surface area contributed by atoms with E-state index in [0.29, 0.717) is 64.4 Å². The van der Waals surface area contributed by atoms with E-state index in [9.17, 15) is 9.59 Å². The molecule has 13 heteroatoms. The van der Waals surface area contributed by atoms with Crippen molar-refractivity contribution in [3.63, 3.8) is 0 Å². The van der Waals surface area contributed by atoms with E-state index in [1.807, 2.05) is 16.3 Å². The third kappa shape index (κ3) is 6.40. The van der Waals surface area contributed by atoms with Crippen molar-refractivity contribution in [2.24, 2.45) is 4.99 Å². The summed E-state index contributed by atoms with van der Waals surface area (Å²) in [7, 11) is 0. The van der Waals surface area contributed by atoms with Gasteiger partial charge in [0.25, 0.3) is 5.91 Å². The van der Waals surface area contributed by atoms with Crippen LogP contribution in [0.25, 0.3) is 0 Å². The molecule has 2 amide bonds. The highest BCUT2D eigenvalue weighted by Crippen LogP contribution is 2.43. The van der Waals surface area contributed by atoms with Crippen LogP contribution in [0.4, 0.5) is 5.82 Å². The molecule has 220 valence electrons. The molecule has 2 aromatic rings. The molecule has 2 saturated heterocycles. The van der Waals surface area contributed by atoms with Gasteiger partial charge in [-0.2, -0.15) is 0 Å². The zero-order valence-electron chi connectivity index (χ0n) is 22.9. The number of halogens is 2. The van der Waals surface area contributed by atoms with Crippen LogP contribution in [0.15, 0.2) is 28.7 Å². The number of anilines is 1. The first kappa shape index (κ1) is 29.2. The van der Waals surface area contributed by atoms with Crippen LogP contribution in [-0.2, 0) is 10.5 Å². The molecule has 4 aliphatic rings. The normalized spacial score (nSPS) is 25.1. The second-order valence-corrected chi connectivity index (χ2v) is 13.8. The smallest absolute Gasteiger partial charge is 0.258 e. The Bertz CT molecular complexity index is 1310. The van der Waals surface area contributed by atoms with Gasteiger partial charge in [0, 0.05) is 80.5 Å². The maximum Gasteiger partial charge on any atom is 0.258 e. The Balaban J connectivity index is 1.16. The van der Waals surface area contributed by atoms with E-state index >= 15 is 0 Å². The number of carbonyl (C=O) groups is 2. The number of amidine groups is 1. The zero-order valence-corrected chi connectivity index (χ0v) is 26.1. The van der Waals surface area contributed by atoms with E-state index in [4.69, 9.17) is 28.2 Å². The van der Waals surface area contributed by atoms with E-state index in [1.54, 1.807) is 29.2 Å². The Kier molecular flexibility index (Phi) is 9.09. The lowest BCUT2D eigenvalue weighted by atomic mass is 9.93. The molecule has 2 aromatic heterocycles. The molecule has 1 saturated carbocycles. The monoisotopic (exact) mass is 635 g/mol. The Morgan fingerprint density at radius 1 is 1.07 bits per heavy atom. The highest BCUT2D eigenvalue weighted by atomic mass is 35.5. The third-order valence-corrected chi connectivity index (χ3v) is 11.2. The fourth-order valence-electron chi connectivity index (χ4n) is 6.27. The average Bonchev–Trinajstić information content (AvgIpc) is 3.56. The second kappa shape index (κ2) is 12.8. The fraction of sp³-hybridized carbons (Fsp3) is 0.571. The summed E-state index contributed by atoms with van der Waals surface area (Å²) in [6.45, 7) is 5.59. The molecule has 2 N–H and O–H groups in total. The lowest BCUT2D eigenvalue weighted by Gasteiger charge is -2.46. The molecule has 1 aliphatic carbocycles. The van der Waals surface area contributed by atoms with Gasteiger partial charge in [-0.05, 0) is 25.0 Å². The second-order valence-electron chi connectivity index (χ2n) is 11.0. The van der Waals surface area contributed by atoms with Gasteiger partial charge in [-0.1, -0.05) is 54.2 Å². The molecular formula is C28H35Cl2N7O2S2. The van der Waals surface area contributed by atoms with Crippen LogP contribution in [0.5, 0.6) is 0 Å². The van der Waals surface area contributed by atoms with Crippen molar-refractivity contribution in [1.29, 1.82) is 0 Å². The zero-order chi connectivity index (χ0) is 28.4. The van der Waals surface area contributed by atoms with Crippen LogP contribution in [-0.4, -0.2) is 89.4 Å². The number of rotatable bonds is 5. The summed E-state index contributed by atoms with van der Waals surface area (Å²) in [5.74, 6) is 1.00. The number of nitrogens with one attached hydrogen (secondary N) is 2. The molecule has 0 radical (unpaired) electrons. The minimum atomic E-state index is -0.554. The lowest BCUT2D eigenvalue weighted by molar-refractivity contribution is -0.120. The van der Waals surface area contributed by atoms with Gasteiger partial charge in [-0.25, -0.2) is 9.98 Å². The van der Waals surface area contributed by atoms with Crippen molar-refractivity contribution in [3.05, 3.63) is 44.2 Å². The summed E-state index contributed by atoms with van der Waals surface area (Å²) in [5.41, 5.74) is -0.189. The summed E-state index contributed by atoms with van der Waals surface area (Å²) < 4.78 is 0. The van der Waals surface area contributed by atoms with Crippen LogP contribution in [0.3, 0.4) is 0 Å². The third-order valence-electron chi connectivity index (χ3n) is 8.50. The molecule has 9 nitrogen and oxygen atoms in total. The number of carbonyl (C=O) groups excluding carboxylic acids is 2. The Morgan fingerprint density at radius 2 is 1.88 bits per heavy atom. The summed E-state index contributed by atoms with van der Waals surface area (Å²) >= 11 is 16.1. The molecule has 5 heterocycles. The molecule has 3 aliphatic heterocycles. The summed E-state index contributed by atoms with van der Waals surface area (Å²) in [5, 5.41) is 9.50. The lowest BCUT2D eigenvalue weighted by Crippen LogP contribution is -2.57. The standard InChI is InChI=1S/C28H35Cl2N7O2S2/c29-20-15-23(40-17-20)28(37-12-10-35(11-13-37)21-4-2-1-3-5-21)18-41-27(34-28)33-26(39)19-14-22(30)25(32-16-19)36-8-6-24(38)31-7-9-36/h14-17,21H,1-13,18H2,(H,31,38)(H,33,34,39). The van der Waals surface area contributed by atoms with E-state index in [2.05, 4.69) is 25.4 Å². The average molecular weight is 637 g/mol. The van der Waals surface area contributed by atoms with Gasteiger partial charge in [-0.15, -0.1) is 11.3 Å². The first-order valence-electron chi connectivity index (χ1n) is 14.4. The van der Waals surface area contributed by atoms with Gasteiger partial charge < -0.3 is 15.5 Å². The fourth-order valence-corrected chi connectivity index (χ4v) is 9.02. The van der Waals surface area contributed by atoms with Gasteiger partial charge in [0.2, 0.25) is 5.91 Å². The van der Waals surface area contributed by atoms with Gasteiger partial charge in [0.05, 0.1) is 15.6 Å². The SMILES string of the molecule is O=C1CCN(c2ncc(C(=O)NC3=NC(c4cc(Cl)cs4)(N4CCN(C5CCCCC5)CC4)CS3)cc2Cl)CCN1. The first-order valence-corrected chi connectivity index (χ1v) is 17.0. The minimum absolute atomic E-state index is 0.0152. The highest BCUT2D eigenvalue weighted by Gasteiger charge is 2.46.